The van der Waals surface area contributed by atoms with Gasteiger partial charge in [0.05, 0.1) is 11.3 Å². The molecule has 3 aromatic rings. The van der Waals surface area contributed by atoms with Crippen molar-refractivity contribution in [3.8, 4) is 11.3 Å². The maximum absolute atomic E-state index is 10.0. The minimum Gasteiger partial charge on any atom is -0.512 e. The third-order valence-corrected chi connectivity index (χ3v) is 12.9. The van der Waals surface area contributed by atoms with Crippen LogP contribution in [0.15, 0.2) is 48.2 Å². The van der Waals surface area contributed by atoms with Crippen molar-refractivity contribution in [1.29, 1.82) is 0 Å². The van der Waals surface area contributed by atoms with Crippen LogP contribution in [-0.4, -0.2) is 15.9 Å². The molecule has 0 atom stereocenters. The molecule has 8 aliphatic rings. The van der Waals surface area contributed by atoms with Crippen molar-refractivity contribution < 1.29 is 30.0 Å². The Bertz CT molecular complexity index is 1590. The second-order valence-corrected chi connectivity index (χ2v) is 16.4. The number of aliphatic hydroxyl groups excluding tert-OH is 1. The molecule has 1 radical (unpaired) electrons. The largest absolute Gasteiger partial charge is 0.512 e. The molecule has 1 aromatic heterocycles. The van der Waals surface area contributed by atoms with Crippen LogP contribution < -0.4 is 0 Å². The van der Waals surface area contributed by atoms with E-state index in [1.165, 1.54) is 99.7 Å². The molecule has 1 heterocycles. The van der Waals surface area contributed by atoms with Crippen molar-refractivity contribution >= 4 is 16.7 Å². The molecule has 8 saturated carbocycles. The third kappa shape index (κ3) is 5.96. The Labute approximate surface area is 289 Å². The molecule has 8 aliphatic carbocycles. The number of aliphatic hydroxyl groups is 1. The number of carbonyl (C=O) groups is 1. The first kappa shape index (κ1) is 32.3. The fourth-order valence-corrected chi connectivity index (χ4v) is 12.2. The summed E-state index contributed by atoms with van der Waals surface area (Å²) in [7, 11) is 0. The normalized spacial score (nSPS) is 35.1. The number of aromatic nitrogens is 1. The summed E-state index contributed by atoms with van der Waals surface area (Å²) >= 11 is 0. The fourth-order valence-electron chi connectivity index (χ4n) is 12.2. The van der Waals surface area contributed by atoms with E-state index in [9.17, 15) is 4.79 Å². The van der Waals surface area contributed by atoms with E-state index in [-0.39, 0.29) is 31.6 Å². The minimum atomic E-state index is -0.125. The Morgan fingerprint density at radius 1 is 0.761 bits per heavy atom. The van der Waals surface area contributed by atoms with Gasteiger partial charge in [-0.3, -0.25) is 9.78 Å². The predicted octanol–water partition coefficient (Wildman–Crippen LogP) is 10.4. The molecule has 0 spiro atoms. The number of hydrogen-bond donors (Lipinski definition) is 1. The first-order valence-electron chi connectivity index (χ1n) is 18.0. The summed E-state index contributed by atoms with van der Waals surface area (Å²) < 4.78 is 0. The molecule has 0 unspecified atom stereocenters. The summed E-state index contributed by atoms with van der Waals surface area (Å²) in [5.74, 6) is 9.37. The van der Waals surface area contributed by atoms with Crippen LogP contribution in [0, 0.1) is 67.3 Å². The Balaban J connectivity index is 0.000000384. The summed E-state index contributed by atoms with van der Waals surface area (Å²) in [6.07, 6.45) is 16.3. The van der Waals surface area contributed by atoms with Crippen LogP contribution in [0.2, 0.25) is 0 Å². The van der Waals surface area contributed by atoms with Crippen molar-refractivity contribution in [3.05, 3.63) is 76.6 Å². The Morgan fingerprint density at radius 3 is 1.78 bits per heavy atom. The maximum Gasteiger partial charge on any atom is 0.155 e. The van der Waals surface area contributed by atoms with Gasteiger partial charge in [-0.25, -0.2) is 0 Å². The van der Waals surface area contributed by atoms with E-state index < -0.39 is 0 Å². The standard InChI is InChI=1S/C37H42N.C5H8O2.Ir/c1-20-7-21(2)9-26(8-20)33-5-3-31-34(38-33)6-4-32(35-27-12-22-10-23(14-27)15-28(35)13-22)37(31)36-29-16-24-11-25(18-29)19-30(36)17-24;1-4(6)3-5(2)7;/h3-8,22-25,27-30,35-36H,10-19H2,1-2H3;3,6H,1-2H3;/q-1;;/b;4-3-;. The van der Waals surface area contributed by atoms with Crippen LogP contribution >= 0.6 is 0 Å². The van der Waals surface area contributed by atoms with E-state index in [0.717, 1.165) is 70.4 Å². The number of aryl methyl sites for hydroxylation is 2. The summed E-state index contributed by atoms with van der Waals surface area (Å²) in [5.41, 5.74) is 9.53. The fraction of sp³-hybridized carbons (Fsp3) is 0.571. The molecule has 4 heteroatoms. The smallest absolute Gasteiger partial charge is 0.155 e. The first-order chi connectivity index (χ1) is 21.7. The van der Waals surface area contributed by atoms with Gasteiger partial charge >= 0.3 is 0 Å². The molecule has 245 valence electrons. The second kappa shape index (κ2) is 12.6. The number of allylic oxidation sites excluding steroid dienone is 2. The van der Waals surface area contributed by atoms with Crippen LogP contribution in [0.1, 0.15) is 112 Å². The van der Waals surface area contributed by atoms with Crippen LogP contribution in [-0.2, 0) is 24.9 Å². The zero-order valence-electron chi connectivity index (χ0n) is 28.0. The zero-order chi connectivity index (χ0) is 31.0. The van der Waals surface area contributed by atoms with Crippen molar-refractivity contribution in [2.45, 2.75) is 104 Å². The van der Waals surface area contributed by atoms with E-state index in [2.05, 4.69) is 56.3 Å². The molecule has 0 amide bonds. The summed E-state index contributed by atoms with van der Waals surface area (Å²) in [5, 5.41) is 9.86. The number of fused-ring (bicyclic) bond motifs is 1. The van der Waals surface area contributed by atoms with Gasteiger partial charge < -0.3 is 5.11 Å². The van der Waals surface area contributed by atoms with Crippen LogP contribution in [0.4, 0.5) is 0 Å². The van der Waals surface area contributed by atoms with Gasteiger partial charge in [0.1, 0.15) is 0 Å². The molecule has 8 bridgehead atoms. The van der Waals surface area contributed by atoms with E-state index in [1.807, 2.05) is 0 Å². The van der Waals surface area contributed by atoms with E-state index in [4.69, 9.17) is 10.1 Å². The van der Waals surface area contributed by atoms with Crippen molar-refractivity contribution in [2.24, 2.45) is 47.3 Å². The van der Waals surface area contributed by atoms with E-state index in [1.54, 1.807) is 17.5 Å². The number of nitrogens with zero attached hydrogens (tertiary/aromatic N) is 1. The van der Waals surface area contributed by atoms with Gasteiger partial charge in [0.2, 0.25) is 0 Å². The van der Waals surface area contributed by atoms with Crippen molar-refractivity contribution in [1.82, 2.24) is 4.98 Å². The van der Waals surface area contributed by atoms with Gasteiger partial charge in [0, 0.05) is 31.6 Å². The van der Waals surface area contributed by atoms with Gasteiger partial charge in [-0.05, 0) is 160 Å². The number of benzene rings is 2. The first-order valence-corrected chi connectivity index (χ1v) is 18.0. The molecule has 3 nitrogen and oxygen atoms in total. The van der Waals surface area contributed by atoms with E-state index in [0.29, 0.717) is 0 Å². The molecule has 0 aliphatic heterocycles. The number of carbonyl (C=O) groups excluding carboxylic acids is 1. The third-order valence-electron chi connectivity index (χ3n) is 12.9. The molecule has 8 fully saturated rings. The topological polar surface area (TPSA) is 50.2 Å². The number of rotatable bonds is 4. The number of pyridine rings is 1. The SMILES string of the molecule is CC(=O)/C=C(/C)O.Cc1[c-]c(-c2ccc3c(C4C5CC6CC(C5)CC4C6)c(C4C5CC6CC(C5)CC4C6)ccc3n2)cc(C)c1.[Ir]. The van der Waals surface area contributed by atoms with Gasteiger partial charge in [-0.1, -0.05) is 32.0 Å². The van der Waals surface area contributed by atoms with Crippen LogP contribution in [0.25, 0.3) is 22.2 Å². The predicted molar refractivity (Wildman–Crippen MR) is 182 cm³/mol. The van der Waals surface area contributed by atoms with Crippen LogP contribution in [0.3, 0.4) is 0 Å². The van der Waals surface area contributed by atoms with Crippen molar-refractivity contribution in [3.63, 3.8) is 0 Å². The van der Waals surface area contributed by atoms with Gasteiger partial charge in [0.25, 0.3) is 0 Å². The zero-order valence-corrected chi connectivity index (χ0v) is 30.4. The monoisotopic (exact) mass is 793 g/mol. The molecular weight excluding hydrogens is 743 g/mol. The van der Waals surface area contributed by atoms with Gasteiger partial charge in [-0.15, -0.1) is 34.9 Å². The Morgan fingerprint density at radius 2 is 1.30 bits per heavy atom. The van der Waals surface area contributed by atoms with E-state index >= 15 is 0 Å². The number of hydrogen-bond acceptors (Lipinski definition) is 3. The minimum absolute atomic E-state index is 0. The van der Waals surface area contributed by atoms with Gasteiger partial charge in [-0.2, -0.15) is 0 Å². The molecule has 0 saturated heterocycles. The molecule has 2 aromatic carbocycles. The average molecular weight is 793 g/mol. The summed E-state index contributed by atoms with van der Waals surface area (Å²) in [4.78, 5) is 15.4. The molecule has 11 rings (SSSR count). The van der Waals surface area contributed by atoms with Gasteiger partial charge in [0.15, 0.2) is 5.78 Å². The summed E-state index contributed by atoms with van der Waals surface area (Å²) in [6, 6.07) is 17.9. The Kier molecular flexibility index (Phi) is 8.86. The Hall–Kier alpha value is -2.29. The van der Waals surface area contributed by atoms with Crippen LogP contribution in [0.5, 0.6) is 0 Å². The summed E-state index contributed by atoms with van der Waals surface area (Å²) in [6.45, 7) is 7.19. The second-order valence-electron chi connectivity index (χ2n) is 16.4. The quantitative estimate of drug-likeness (QED) is 0.163. The van der Waals surface area contributed by atoms with Crippen molar-refractivity contribution in [2.75, 3.05) is 0 Å². The molecule has 1 N–H and O–H groups in total. The average Bonchev–Trinajstić information content (AvgIpc) is 2.95. The number of ketones is 1. The maximum atomic E-state index is 10.0. The molecular formula is C42H50IrNO2-. The molecule has 46 heavy (non-hydrogen) atoms.